The van der Waals surface area contributed by atoms with Gasteiger partial charge in [-0.2, -0.15) is 13.2 Å². The molecule has 0 atom stereocenters. The lowest BCUT2D eigenvalue weighted by Gasteiger charge is -2.27. The van der Waals surface area contributed by atoms with Crippen molar-refractivity contribution in [1.29, 1.82) is 0 Å². The molecule has 1 heterocycles. The first-order valence-electron chi connectivity index (χ1n) is 8.63. The minimum absolute atomic E-state index is 0.227. The summed E-state index contributed by atoms with van der Waals surface area (Å²) < 4.78 is 37.7. The highest BCUT2D eigenvalue weighted by atomic mass is 19.4. The molecule has 3 nitrogen and oxygen atoms in total. The Hall–Kier alpha value is -2.50. The monoisotopic (exact) mass is 362 g/mol. The van der Waals surface area contributed by atoms with E-state index in [2.05, 4.69) is 35.5 Å². The second-order valence-corrected chi connectivity index (χ2v) is 6.57. The van der Waals surface area contributed by atoms with Crippen LogP contribution in [-0.4, -0.2) is 26.0 Å². The van der Waals surface area contributed by atoms with Gasteiger partial charge in [-0.05, 0) is 60.7 Å². The molecule has 1 aliphatic rings. The van der Waals surface area contributed by atoms with Crippen molar-refractivity contribution in [2.24, 2.45) is 0 Å². The number of carbonyl (C=O) groups excluding carboxylic acids is 1. The van der Waals surface area contributed by atoms with Crippen LogP contribution in [0.4, 0.5) is 18.9 Å². The number of carbonyl (C=O) groups is 1. The summed E-state index contributed by atoms with van der Waals surface area (Å²) in [4.78, 5) is 14.3. The summed E-state index contributed by atoms with van der Waals surface area (Å²) in [5.74, 6) is -0.364. The standard InChI is InChI=1S/C20H21F3N2O/c1-25-12-2-3-16-13-14(4-9-18(16)25)10-11-24-19(26)15-5-7-17(8-6-15)20(21,22)23/h4-9,13H,2-3,10-12H2,1H3,(H,24,26). The highest BCUT2D eigenvalue weighted by Gasteiger charge is 2.30. The predicted molar refractivity (Wildman–Crippen MR) is 95.5 cm³/mol. The van der Waals surface area contributed by atoms with Gasteiger partial charge in [0.2, 0.25) is 0 Å². The zero-order valence-electron chi connectivity index (χ0n) is 14.6. The number of anilines is 1. The number of nitrogens with one attached hydrogen (secondary N) is 1. The van der Waals surface area contributed by atoms with Crippen molar-refractivity contribution in [3.8, 4) is 0 Å². The molecule has 0 fully saturated rings. The average molecular weight is 362 g/mol. The van der Waals surface area contributed by atoms with E-state index in [1.54, 1.807) is 0 Å². The summed E-state index contributed by atoms with van der Waals surface area (Å²) in [7, 11) is 2.09. The first kappa shape index (κ1) is 18.3. The molecular formula is C20H21F3N2O. The molecule has 0 unspecified atom stereocenters. The predicted octanol–water partition coefficient (Wildman–Crippen LogP) is 4.06. The number of alkyl halides is 3. The second-order valence-electron chi connectivity index (χ2n) is 6.57. The first-order valence-corrected chi connectivity index (χ1v) is 8.63. The molecule has 0 saturated carbocycles. The van der Waals surface area contributed by atoms with Crippen LogP contribution in [0.25, 0.3) is 0 Å². The molecule has 2 aromatic rings. The van der Waals surface area contributed by atoms with Gasteiger partial charge in [0.15, 0.2) is 0 Å². The summed E-state index contributed by atoms with van der Waals surface area (Å²) in [5.41, 5.74) is 3.20. The number of aryl methyl sites for hydroxylation is 1. The summed E-state index contributed by atoms with van der Waals surface area (Å²) in [6.45, 7) is 1.50. The van der Waals surface area contributed by atoms with E-state index in [4.69, 9.17) is 0 Å². The smallest absolute Gasteiger partial charge is 0.374 e. The molecule has 138 valence electrons. The molecule has 1 aliphatic heterocycles. The van der Waals surface area contributed by atoms with Crippen molar-refractivity contribution in [1.82, 2.24) is 5.32 Å². The molecule has 3 rings (SSSR count). The molecule has 0 radical (unpaired) electrons. The number of nitrogens with zero attached hydrogens (tertiary/aromatic N) is 1. The first-order chi connectivity index (χ1) is 12.3. The Morgan fingerprint density at radius 3 is 2.58 bits per heavy atom. The maximum Gasteiger partial charge on any atom is 0.416 e. The maximum absolute atomic E-state index is 12.6. The van der Waals surface area contributed by atoms with Gasteiger partial charge in [-0.25, -0.2) is 0 Å². The van der Waals surface area contributed by atoms with Crippen molar-refractivity contribution >= 4 is 11.6 Å². The lowest BCUT2D eigenvalue weighted by Crippen LogP contribution is -2.26. The van der Waals surface area contributed by atoms with Gasteiger partial charge in [-0.1, -0.05) is 12.1 Å². The van der Waals surface area contributed by atoms with E-state index < -0.39 is 11.7 Å². The highest BCUT2D eigenvalue weighted by Crippen LogP contribution is 2.29. The number of fused-ring (bicyclic) bond motifs is 1. The summed E-state index contributed by atoms with van der Waals surface area (Å²) in [5, 5.41) is 2.76. The van der Waals surface area contributed by atoms with E-state index in [1.165, 1.54) is 23.4 Å². The Morgan fingerprint density at radius 2 is 1.88 bits per heavy atom. The molecular weight excluding hydrogens is 341 g/mol. The van der Waals surface area contributed by atoms with E-state index in [1.807, 2.05) is 0 Å². The number of benzene rings is 2. The van der Waals surface area contributed by atoms with Crippen molar-refractivity contribution < 1.29 is 18.0 Å². The van der Waals surface area contributed by atoms with Gasteiger partial charge < -0.3 is 10.2 Å². The van der Waals surface area contributed by atoms with E-state index >= 15 is 0 Å². The lowest BCUT2D eigenvalue weighted by atomic mass is 9.98. The number of rotatable bonds is 4. The number of hydrogen-bond donors (Lipinski definition) is 1. The fourth-order valence-electron chi connectivity index (χ4n) is 3.23. The minimum atomic E-state index is -4.39. The third kappa shape index (κ3) is 4.18. The Balaban J connectivity index is 1.55. The largest absolute Gasteiger partial charge is 0.416 e. The van der Waals surface area contributed by atoms with Crippen LogP contribution in [0.15, 0.2) is 42.5 Å². The molecule has 6 heteroatoms. The zero-order chi connectivity index (χ0) is 18.7. The van der Waals surface area contributed by atoms with E-state index in [0.717, 1.165) is 37.1 Å². The SMILES string of the molecule is CN1CCCc2cc(CCNC(=O)c3ccc(C(F)(F)F)cc3)ccc21. The van der Waals surface area contributed by atoms with Crippen LogP contribution in [0.1, 0.15) is 33.5 Å². The van der Waals surface area contributed by atoms with Crippen LogP contribution in [0, 0.1) is 0 Å². The molecule has 1 amide bonds. The van der Waals surface area contributed by atoms with E-state index in [-0.39, 0.29) is 11.5 Å². The molecule has 0 aromatic heterocycles. The van der Waals surface area contributed by atoms with Gasteiger partial charge in [0.25, 0.3) is 5.91 Å². The molecule has 26 heavy (non-hydrogen) atoms. The van der Waals surface area contributed by atoms with Gasteiger partial charge in [0.05, 0.1) is 5.56 Å². The topological polar surface area (TPSA) is 32.3 Å². The van der Waals surface area contributed by atoms with Crippen molar-refractivity contribution in [3.63, 3.8) is 0 Å². The Labute approximate surface area is 150 Å². The summed E-state index contributed by atoms with van der Waals surface area (Å²) >= 11 is 0. The third-order valence-electron chi connectivity index (χ3n) is 4.67. The van der Waals surface area contributed by atoms with Crippen LogP contribution in [-0.2, 0) is 19.0 Å². The van der Waals surface area contributed by atoms with Crippen molar-refractivity contribution in [2.75, 3.05) is 25.0 Å². The summed E-state index contributed by atoms with van der Waals surface area (Å²) in [6, 6.07) is 10.6. The maximum atomic E-state index is 12.6. The second kappa shape index (κ2) is 7.40. The van der Waals surface area contributed by atoms with Crippen LogP contribution >= 0.6 is 0 Å². The van der Waals surface area contributed by atoms with E-state index in [9.17, 15) is 18.0 Å². The quantitative estimate of drug-likeness (QED) is 0.890. The van der Waals surface area contributed by atoms with Crippen LogP contribution in [0.3, 0.4) is 0 Å². The van der Waals surface area contributed by atoms with Gasteiger partial charge in [-0.3, -0.25) is 4.79 Å². The van der Waals surface area contributed by atoms with Crippen molar-refractivity contribution in [3.05, 3.63) is 64.7 Å². The van der Waals surface area contributed by atoms with E-state index in [0.29, 0.717) is 13.0 Å². The Bertz CT molecular complexity index is 785. The van der Waals surface area contributed by atoms with Crippen LogP contribution in [0.2, 0.25) is 0 Å². The van der Waals surface area contributed by atoms with Gasteiger partial charge >= 0.3 is 6.18 Å². The fraction of sp³-hybridized carbons (Fsp3) is 0.350. The van der Waals surface area contributed by atoms with Crippen LogP contribution in [0.5, 0.6) is 0 Å². The summed E-state index contributed by atoms with van der Waals surface area (Å²) in [6.07, 6.45) is -1.51. The normalized spacial score (nSPS) is 14.1. The lowest BCUT2D eigenvalue weighted by molar-refractivity contribution is -0.137. The van der Waals surface area contributed by atoms with Gasteiger partial charge in [0, 0.05) is 31.4 Å². The molecule has 0 saturated heterocycles. The van der Waals surface area contributed by atoms with Crippen LogP contribution < -0.4 is 10.2 Å². The molecule has 0 aliphatic carbocycles. The highest BCUT2D eigenvalue weighted by molar-refractivity contribution is 5.94. The molecule has 1 N–H and O–H groups in total. The number of amides is 1. The molecule has 0 bridgehead atoms. The van der Waals surface area contributed by atoms with Gasteiger partial charge in [0.1, 0.15) is 0 Å². The third-order valence-corrected chi connectivity index (χ3v) is 4.67. The van der Waals surface area contributed by atoms with Gasteiger partial charge in [-0.15, -0.1) is 0 Å². The minimum Gasteiger partial charge on any atom is -0.374 e. The molecule has 0 spiro atoms. The zero-order valence-corrected chi connectivity index (χ0v) is 14.6. The average Bonchev–Trinajstić information content (AvgIpc) is 2.61. The Kier molecular flexibility index (Phi) is 5.20. The fourth-order valence-corrected chi connectivity index (χ4v) is 3.23. The number of hydrogen-bond acceptors (Lipinski definition) is 2. The Morgan fingerprint density at radius 1 is 1.15 bits per heavy atom. The number of halogens is 3. The van der Waals surface area contributed by atoms with Crippen molar-refractivity contribution in [2.45, 2.75) is 25.4 Å². The molecule has 2 aromatic carbocycles.